The highest BCUT2D eigenvalue weighted by atomic mass is 35.5. The predicted octanol–water partition coefficient (Wildman–Crippen LogP) is 3.54. The summed E-state index contributed by atoms with van der Waals surface area (Å²) in [5.74, 6) is 0.244. The maximum absolute atomic E-state index is 11.5. The Kier molecular flexibility index (Phi) is 6.66. The number of pyridine rings is 1. The second-order valence-corrected chi connectivity index (χ2v) is 6.70. The van der Waals surface area contributed by atoms with Crippen LogP contribution in [0.4, 0.5) is 0 Å². The SMILES string of the molecule is CCC(NCc1ccc(C(=O)OC)nc1)c1cccc(OC2COC2)c1Cl. The van der Waals surface area contributed by atoms with Crippen LogP contribution in [0.15, 0.2) is 36.5 Å². The first-order valence-corrected chi connectivity index (χ1v) is 9.29. The second kappa shape index (κ2) is 9.17. The average molecular weight is 391 g/mol. The van der Waals surface area contributed by atoms with Crippen LogP contribution in [0, 0.1) is 0 Å². The van der Waals surface area contributed by atoms with E-state index in [1.807, 2.05) is 24.3 Å². The van der Waals surface area contributed by atoms with Crippen molar-refractivity contribution in [3.8, 4) is 5.75 Å². The molecule has 1 aromatic heterocycles. The molecule has 1 aromatic carbocycles. The van der Waals surface area contributed by atoms with E-state index in [-0.39, 0.29) is 12.1 Å². The van der Waals surface area contributed by atoms with Gasteiger partial charge < -0.3 is 19.5 Å². The molecule has 0 spiro atoms. The molecule has 1 saturated heterocycles. The third-order valence-electron chi connectivity index (χ3n) is 4.45. The predicted molar refractivity (Wildman–Crippen MR) is 102 cm³/mol. The van der Waals surface area contributed by atoms with Crippen molar-refractivity contribution in [2.75, 3.05) is 20.3 Å². The summed E-state index contributed by atoms with van der Waals surface area (Å²) in [5, 5.41) is 4.12. The van der Waals surface area contributed by atoms with Crippen LogP contribution < -0.4 is 10.1 Å². The molecule has 27 heavy (non-hydrogen) atoms. The highest BCUT2D eigenvalue weighted by Crippen LogP contribution is 2.34. The Morgan fingerprint density at radius 1 is 1.37 bits per heavy atom. The number of nitrogens with zero attached hydrogens (tertiary/aromatic N) is 1. The molecule has 2 heterocycles. The number of esters is 1. The Hall–Kier alpha value is -2.15. The molecule has 0 radical (unpaired) electrons. The summed E-state index contributed by atoms with van der Waals surface area (Å²) in [5.41, 5.74) is 2.26. The molecule has 2 aromatic rings. The van der Waals surface area contributed by atoms with Crippen molar-refractivity contribution in [2.24, 2.45) is 0 Å². The smallest absolute Gasteiger partial charge is 0.356 e. The first-order valence-electron chi connectivity index (χ1n) is 8.91. The van der Waals surface area contributed by atoms with Gasteiger partial charge in [0.15, 0.2) is 0 Å². The molecule has 1 aliphatic heterocycles. The van der Waals surface area contributed by atoms with Gasteiger partial charge in [-0.3, -0.25) is 0 Å². The van der Waals surface area contributed by atoms with E-state index in [9.17, 15) is 4.79 Å². The van der Waals surface area contributed by atoms with Crippen LogP contribution >= 0.6 is 11.6 Å². The van der Waals surface area contributed by atoms with Gasteiger partial charge in [0, 0.05) is 18.8 Å². The molecule has 7 heteroatoms. The van der Waals surface area contributed by atoms with Crippen molar-refractivity contribution in [3.63, 3.8) is 0 Å². The van der Waals surface area contributed by atoms with Gasteiger partial charge in [-0.25, -0.2) is 9.78 Å². The minimum absolute atomic E-state index is 0.0685. The normalized spacial score (nSPS) is 15.1. The quantitative estimate of drug-likeness (QED) is 0.695. The third kappa shape index (κ3) is 4.77. The van der Waals surface area contributed by atoms with E-state index in [2.05, 4.69) is 22.0 Å². The Balaban J connectivity index is 1.66. The van der Waals surface area contributed by atoms with E-state index < -0.39 is 5.97 Å². The van der Waals surface area contributed by atoms with Gasteiger partial charge in [-0.15, -0.1) is 0 Å². The zero-order valence-corrected chi connectivity index (χ0v) is 16.2. The molecule has 6 nitrogen and oxygen atoms in total. The van der Waals surface area contributed by atoms with Gasteiger partial charge in [0.25, 0.3) is 0 Å². The number of halogens is 1. The van der Waals surface area contributed by atoms with Crippen molar-refractivity contribution in [3.05, 3.63) is 58.4 Å². The van der Waals surface area contributed by atoms with Crippen molar-refractivity contribution < 1.29 is 19.0 Å². The number of carbonyl (C=O) groups excluding carboxylic acids is 1. The molecule has 0 saturated carbocycles. The molecule has 0 amide bonds. The lowest BCUT2D eigenvalue weighted by atomic mass is 10.0. The number of benzene rings is 1. The summed E-state index contributed by atoms with van der Waals surface area (Å²) in [6.45, 7) is 3.90. The maximum atomic E-state index is 11.5. The van der Waals surface area contributed by atoms with Crippen LogP contribution in [0.2, 0.25) is 5.02 Å². The van der Waals surface area contributed by atoms with E-state index >= 15 is 0 Å². The minimum atomic E-state index is -0.443. The first-order chi connectivity index (χ1) is 13.1. The zero-order chi connectivity index (χ0) is 19.2. The lowest BCUT2D eigenvalue weighted by Gasteiger charge is -2.28. The molecule has 3 rings (SSSR count). The number of nitrogens with one attached hydrogen (secondary N) is 1. The van der Waals surface area contributed by atoms with Gasteiger partial charge in [-0.05, 0) is 29.7 Å². The van der Waals surface area contributed by atoms with Gasteiger partial charge in [-0.2, -0.15) is 0 Å². The largest absolute Gasteiger partial charge is 0.484 e. The van der Waals surface area contributed by atoms with E-state index in [0.29, 0.717) is 36.2 Å². The van der Waals surface area contributed by atoms with Gasteiger partial charge >= 0.3 is 5.97 Å². The summed E-state index contributed by atoms with van der Waals surface area (Å²) >= 11 is 6.59. The van der Waals surface area contributed by atoms with Gasteiger partial charge in [0.2, 0.25) is 0 Å². The summed E-state index contributed by atoms with van der Waals surface area (Å²) in [6, 6.07) is 9.42. The number of hydrogen-bond donors (Lipinski definition) is 1. The molecule has 144 valence electrons. The van der Waals surface area contributed by atoms with Crippen LogP contribution in [0.1, 0.15) is 41.0 Å². The Bertz CT molecular complexity index is 778. The van der Waals surface area contributed by atoms with Crippen LogP contribution in [0.25, 0.3) is 0 Å². The Labute approximate surface area is 163 Å². The number of hydrogen-bond acceptors (Lipinski definition) is 6. The summed E-state index contributed by atoms with van der Waals surface area (Å²) < 4.78 is 15.7. The number of rotatable bonds is 8. The molecule has 0 aliphatic carbocycles. The molecular weight excluding hydrogens is 368 g/mol. The minimum Gasteiger partial charge on any atom is -0.484 e. The summed E-state index contributed by atoms with van der Waals surface area (Å²) in [7, 11) is 1.34. The van der Waals surface area contributed by atoms with Crippen LogP contribution in [-0.4, -0.2) is 37.4 Å². The number of aromatic nitrogens is 1. The molecule has 1 fully saturated rings. The summed E-state index contributed by atoms with van der Waals surface area (Å²) in [6.07, 6.45) is 2.61. The molecule has 0 bridgehead atoms. The highest BCUT2D eigenvalue weighted by Gasteiger charge is 2.23. The van der Waals surface area contributed by atoms with E-state index in [0.717, 1.165) is 17.5 Å². The zero-order valence-electron chi connectivity index (χ0n) is 15.4. The number of ether oxygens (including phenoxy) is 3. The number of methoxy groups -OCH3 is 1. The van der Waals surface area contributed by atoms with E-state index in [1.54, 1.807) is 12.3 Å². The van der Waals surface area contributed by atoms with Crippen molar-refractivity contribution in [2.45, 2.75) is 32.0 Å². The summed E-state index contributed by atoms with van der Waals surface area (Å²) in [4.78, 5) is 15.6. The topological polar surface area (TPSA) is 69.7 Å². The molecule has 1 atom stereocenters. The van der Waals surface area contributed by atoms with Crippen LogP contribution in [0.3, 0.4) is 0 Å². The van der Waals surface area contributed by atoms with Crippen LogP contribution in [-0.2, 0) is 16.0 Å². The molecule has 1 N–H and O–H groups in total. The monoisotopic (exact) mass is 390 g/mol. The fraction of sp³-hybridized carbons (Fsp3) is 0.400. The maximum Gasteiger partial charge on any atom is 0.356 e. The fourth-order valence-electron chi connectivity index (χ4n) is 2.82. The molecular formula is C20H23ClN2O4. The third-order valence-corrected chi connectivity index (χ3v) is 4.85. The first kappa shape index (κ1) is 19.6. The Morgan fingerprint density at radius 2 is 2.19 bits per heavy atom. The average Bonchev–Trinajstić information content (AvgIpc) is 2.67. The second-order valence-electron chi connectivity index (χ2n) is 6.32. The van der Waals surface area contributed by atoms with Crippen molar-refractivity contribution in [1.29, 1.82) is 0 Å². The molecule has 1 unspecified atom stereocenters. The van der Waals surface area contributed by atoms with Crippen LogP contribution in [0.5, 0.6) is 5.75 Å². The van der Waals surface area contributed by atoms with E-state index in [1.165, 1.54) is 7.11 Å². The van der Waals surface area contributed by atoms with Gasteiger partial charge in [0.05, 0.1) is 25.3 Å². The molecule has 1 aliphatic rings. The fourth-order valence-corrected chi connectivity index (χ4v) is 3.12. The Morgan fingerprint density at radius 3 is 2.78 bits per heavy atom. The lowest BCUT2D eigenvalue weighted by Crippen LogP contribution is -2.38. The van der Waals surface area contributed by atoms with E-state index in [4.69, 9.17) is 21.1 Å². The van der Waals surface area contributed by atoms with Gasteiger partial charge in [-0.1, -0.05) is 36.7 Å². The standard InChI is InChI=1S/C20H23ClN2O4/c1-3-16(22-9-13-7-8-17(23-10-13)20(24)25-2)15-5-4-6-18(19(15)21)27-14-11-26-12-14/h4-8,10,14,16,22H,3,9,11-12H2,1-2H3. The van der Waals surface area contributed by atoms with Gasteiger partial charge in [0.1, 0.15) is 17.5 Å². The highest BCUT2D eigenvalue weighted by molar-refractivity contribution is 6.32. The lowest BCUT2D eigenvalue weighted by molar-refractivity contribution is -0.0796. The van der Waals surface area contributed by atoms with Crippen molar-refractivity contribution >= 4 is 17.6 Å². The number of carbonyl (C=O) groups is 1. The van der Waals surface area contributed by atoms with Crippen molar-refractivity contribution in [1.82, 2.24) is 10.3 Å².